The summed E-state index contributed by atoms with van der Waals surface area (Å²) >= 11 is 4.82. The van der Waals surface area contributed by atoms with Crippen LogP contribution in [0.25, 0.3) is 0 Å². The Hall–Kier alpha value is -0.562. The molecule has 0 nitrogen and oxygen atoms in total. The average molecular weight is 555 g/mol. The van der Waals surface area contributed by atoms with Crippen LogP contribution in [0.5, 0.6) is 0 Å². The van der Waals surface area contributed by atoms with Crippen LogP contribution in [-0.2, 0) is 0 Å². The molecule has 3 heteroatoms. The summed E-state index contributed by atoms with van der Waals surface area (Å²) in [6.07, 6.45) is 0. The maximum atomic E-state index is 4.33. The first-order valence-corrected chi connectivity index (χ1v) is 23.2. The van der Waals surface area contributed by atoms with Crippen LogP contribution in [0, 0.1) is 20.8 Å². The van der Waals surface area contributed by atoms with Gasteiger partial charge in [-0.15, -0.1) is 0 Å². The van der Waals surface area contributed by atoms with Crippen LogP contribution < -0.4 is 10.5 Å². The molecule has 0 bridgehead atoms. The van der Waals surface area contributed by atoms with E-state index in [1.54, 1.807) is 0 Å². The van der Waals surface area contributed by atoms with E-state index in [1.165, 1.54) is 27.2 Å². The second kappa shape index (κ2) is 6.63. The van der Waals surface area contributed by atoms with Gasteiger partial charge < -0.3 is 0 Å². The summed E-state index contributed by atoms with van der Waals surface area (Å²) in [5, 5.41) is 0. The molecule has 3 aromatic rings. The summed E-state index contributed by atoms with van der Waals surface area (Å²) in [5.41, 5.74) is 3.85. The molecule has 0 N–H and O–H groups in total. The Morgan fingerprint density at radius 2 is 0.833 bits per heavy atom. The van der Waals surface area contributed by atoms with Gasteiger partial charge >= 0.3 is 159 Å². The molecule has 0 aliphatic rings. The number of hydrogen-bond acceptors (Lipinski definition) is 0. The average Bonchev–Trinajstić information content (AvgIpc) is 2.55. The van der Waals surface area contributed by atoms with Gasteiger partial charge in [0.2, 0.25) is 0 Å². The van der Waals surface area contributed by atoms with Crippen molar-refractivity contribution in [2.24, 2.45) is 0 Å². The normalized spacial score (nSPS) is 13.3. The summed E-state index contributed by atoms with van der Waals surface area (Å²) in [6.45, 7) is 6.47. The predicted molar refractivity (Wildman–Crippen MR) is 116 cm³/mol. The SMILES string of the molecule is Cc1ccc[c]([Sb]([Br])([Br])([c]2cccc(C)c2)[c]2cccc(C)c2)c1. The van der Waals surface area contributed by atoms with Gasteiger partial charge in [-0.2, -0.15) is 0 Å². The molecular weight excluding hydrogens is 534 g/mol. The maximum absolute atomic E-state index is 4.33. The molecular formula is C21H21Br2Sb. The van der Waals surface area contributed by atoms with Crippen LogP contribution in [0.3, 0.4) is 0 Å². The minimum atomic E-state index is -3.85. The summed E-state index contributed by atoms with van der Waals surface area (Å²) in [6, 6.07) is 26.6. The molecule has 0 aliphatic heterocycles. The Morgan fingerprint density at radius 1 is 0.542 bits per heavy atom. The third-order valence-corrected chi connectivity index (χ3v) is 31.0. The van der Waals surface area contributed by atoms with E-state index in [2.05, 4.69) is 119 Å². The molecule has 0 atom stereocenters. The van der Waals surface area contributed by atoms with E-state index < -0.39 is 12.9 Å². The van der Waals surface area contributed by atoms with Crippen LogP contribution in [0.15, 0.2) is 72.8 Å². The Labute approximate surface area is 157 Å². The van der Waals surface area contributed by atoms with Crippen molar-refractivity contribution in [2.45, 2.75) is 20.8 Å². The quantitative estimate of drug-likeness (QED) is 0.407. The first-order valence-electron chi connectivity index (χ1n) is 7.97. The molecule has 0 amide bonds. The van der Waals surface area contributed by atoms with E-state index in [9.17, 15) is 0 Å². The van der Waals surface area contributed by atoms with Gasteiger partial charge in [0, 0.05) is 0 Å². The fraction of sp³-hybridized carbons (Fsp3) is 0.143. The third-order valence-electron chi connectivity index (χ3n) is 4.37. The van der Waals surface area contributed by atoms with Gasteiger partial charge in [0.05, 0.1) is 0 Å². The molecule has 0 aliphatic carbocycles. The summed E-state index contributed by atoms with van der Waals surface area (Å²) in [7, 11) is 0. The van der Waals surface area contributed by atoms with E-state index in [1.807, 2.05) is 0 Å². The number of aryl methyl sites for hydroxylation is 3. The monoisotopic (exact) mass is 552 g/mol. The van der Waals surface area contributed by atoms with E-state index in [0.717, 1.165) is 0 Å². The first-order chi connectivity index (χ1) is 11.3. The Balaban J connectivity index is 2.41. The third kappa shape index (κ3) is 3.14. The Kier molecular flexibility index (Phi) is 5.04. The zero-order valence-corrected chi connectivity index (χ0v) is 19.9. The van der Waals surface area contributed by atoms with Crippen LogP contribution >= 0.6 is 25.2 Å². The van der Waals surface area contributed by atoms with E-state index in [-0.39, 0.29) is 0 Å². The molecule has 0 radical (unpaired) electrons. The Morgan fingerprint density at radius 3 is 1.08 bits per heavy atom. The molecule has 0 aromatic heterocycles. The van der Waals surface area contributed by atoms with Gasteiger partial charge in [0.1, 0.15) is 0 Å². The number of halogens is 2. The molecule has 0 fully saturated rings. The Bertz CT molecular complexity index is 782. The van der Waals surface area contributed by atoms with Crippen molar-refractivity contribution in [3.05, 3.63) is 89.5 Å². The summed E-state index contributed by atoms with van der Waals surface area (Å²) in [5.74, 6) is 0. The second-order valence-electron chi connectivity index (χ2n) is 6.42. The fourth-order valence-electron chi connectivity index (χ4n) is 3.06. The molecule has 0 heterocycles. The van der Waals surface area contributed by atoms with Gasteiger partial charge in [0.25, 0.3) is 0 Å². The number of hydrogen-bond donors (Lipinski definition) is 0. The molecule has 0 saturated carbocycles. The number of rotatable bonds is 3. The van der Waals surface area contributed by atoms with Crippen molar-refractivity contribution in [1.82, 2.24) is 0 Å². The van der Waals surface area contributed by atoms with Crippen LogP contribution in [0.2, 0.25) is 0 Å². The fourth-order valence-corrected chi connectivity index (χ4v) is 21.2. The number of benzene rings is 3. The van der Waals surface area contributed by atoms with Gasteiger partial charge in [-0.1, -0.05) is 0 Å². The molecule has 3 rings (SSSR count). The van der Waals surface area contributed by atoms with Gasteiger partial charge in [0.15, 0.2) is 0 Å². The van der Waals surface area contributed by atoms with E-state index in [0.29, 0.717) is 0 Å². The topological polar surface area (TPSA) is 0 Å². The molecule has 124 valence electrons. The standard InChI is InChI=1S/3C7H7.2BrH.Sb/c3*1-7-5-3-2-4-6-7;;;/h3*2-3,5-6H,1H3;2*1H;/q;;;;;+2/p-2. The molecule has 24 heavy (non-hydrogen) atoms. The van der Waals surface area contributed by atoms with Crippen molar-refractivity contribution in [3.8, 4) is 0 Å². The van der Waals surface area contributed by atoms with Crippen molar-refractivity contribution in [3.63, 3.8) is 0 Å². The van der Waals surface area contributed by atoms with E-state index in [4.69, 9.17) is 0 Å². The van der Waals surface area contributed by atoms with Crippen LogP contribution in [0.1, 0.15) is 16.7 Å². The zero-order chi connectivity index (χ0) is 17.4. The first kappa shape index (κ1) is 18.2. The molecule has 0 unspecified atom stereocenters. The summed E-state index contributed by atoms with van der Waals surface area (Å²) < 4.78 is 4.08. The second-order valence-corrected chi connectivity index (χ2v) is 41.4. The van der Waals surface area contributed by atoms with Gasteiger partial charge in [-0.3, -0.25) is 0 Å². The molecule has 0 spiro atoms. The van der Waals surface area contributed by atoms with Crippen molar-refractivity contribution in [1.29, 1.82) is 0 Å². The predicted octanol–water partition coefficient (Wildman–Crippen LogP) is 4.82. The van der Waals surface area contributed by atoms with Crippen molar-refractivity contribution in [2.75, 3.05) is 0 Å². The zero-order valence-electron chi connectivity index (χ0n) is 14.1. The van der Waals surface area contributed by atoms with Crippen LogP contribution in [-0.4, -0.2) is 12.9 Å². The van der Waals surface area contributed by atoms with Gasteiger partial charge in [-0.25, -0.2) is 0 Å². The van der Waals surface area contributed by atoms with Crippen molar-refractivity contribution < 1.29 is 0 Å². The van der Waals surface area contributed by atoms with Gasteiger partial charge in [-0.05, 0) is 0 Å². The minimum absolute atomic E-state index is 1.28. The molecule has 3 aromatic carbocycles. The summed E-state index contributed by atoms with van der Waals surface area (Å²) in [4.78, 5) is 0. The van der Waals surface area contributed by atoms with Crippen LogP contribution in [0.4, 0.5) is 0 Å². The van der Waals surface area contributed by atoms with Crippen molar-refractivity contribution >= 4 is 48.6 Å². The van der Waals surface area contributed by atoms with E-state index >= 15 is 0 Å². The molecule has 0 saturated heterocycles.